The fourth-order valence-corrected chi connectivity index (χ4v) is 1.32. The SMILES string of the molecule is N#Cc1c(F)cc(OS(=O)(=O)C(F)(F)F)cc1F. The molecule has 0 radical (unpaired) electrons. The minimum atomic E-state index is -6.02. The predicted molar refractivity (Wildman–Crippen MR) is 46.7 cm³/mol. The maximum atomic E-state index is 13.0. The van der Waals surface area contributed by atoms with E-state index in [0.29, 0.717) is 0 Å². The Morgan fingerprint density at radius 1 is 1.17 bits per heavy atom. The summed E-state index contributed by atoms with van der Waals surface area (Å²) in [5.74, 6) is -4.30. The van der Waals surface area contributed by atoms with Crippen LogP contribution >= 0.6 is 0 Å². The van der Waals surface area contributed by atoms with E-state index in [2.05, 4.69) is 4.18 Å². The number of rotatable bonds is 2. The highest BCUT2D eigenvalue weighted by Crippen LogP contribution is 2.28. The lowest BCUT2D eigenvalue weighted by atomic mass is 10.2. The van der Waals surface area contributed by atoms with Gasteiger partial charge in [-0.05, 0) is 0 Å². The molecule has 0 amide bonds. The quantitative estimate of drug-likeness (QED) is 0.474. The number of hydrogen-bond donors (Lipinski definition) is 0. The molecule has 98 valence electrons. The maximum absolute atomic E-state index is 13.0. The summed E-state index contributed by atoms with van der Waals surface area (Å²) in [5, 5.41) is 8.28. The smallest absolute Gasteiger partial charge is 0.376 e. The molecule has 0 atom stereocenters. The molecule has 0 aliphatic carbocycles. The van der Waals surface area contributed by atoms with Gasteiger partial charge in [-0.1, -0.05) is 0 Å². The number of alkyl halides is 3. The van der Waals surface area contributed by atoms with E-state index in [1.165, 1.54) is 0 Å². The van der Waals surface area contributed by atoms with Crippen molar-refractivity contribution >= 4 is 10.1 Å². The lowest BCUT2D eigenvalue weighted by Gasteiger charge is -2.09. The van der Waals surface area contributed by atoms with Crippen LogP contribution in [0.1, 0.15) is 5.56 Å². The zero-order chi connectivity index (χ0) is 14.1. The molecule has 10 heteroatoms. The van der Waals surface area contributed by atoms with Crippen molar-refractivity contribution in [3.63, 3.8) is 0 Å². The Kier molecular flexibility index (Phi) is 3.47. The minimum absolute atomic E-state index is 0.158. The maximum Gasteiger partial charge on any atom is 0.534 e. The first-order valence-corrected chi connectivity index (χ1v) is 5.39. The van der Waals surface area contributed by atoms with Crippen molar-refractivity contribution in [2.75, 3.05) is 0 Å². The van der Waals surface area contributed by atoms with Gasteiger partial charge in [-0.2, -0.15) is 26.9 Å². The Labute approximate surface area is 97.3 Å². The Morgan fingerprint density at radius 2 is 1.61 bits per heavy atom. The number of halogens is 5. The zero-order valence-corrected chi connectivity index (χ0v) is 8.94. The average molecular weight is 287 g/mol. The van der Waals surface area contributed by atoms with E-state index < -0.39 is 38.6 Å². The molecule has 18 heavy (non-hydrogen) atoms. The summed E-state index contributed by atoms with van der Waals surface area (Å²) in [7, 11) is -6.02. The summed E-state index contributed by atoms with van der Waals surface area (Å²) in [6.07, 6.45) is 0. The second kappa shape index (κ2) is 4.41. The van der Waals surface area contributed by atoms with Gasteiger partial charge in [0, 0.05) is 12.1 Å². The van der Waals surface area contributed by atoms with Crippen molar-refractivity contribution in [1.82, 2.24) is 0 Å². The van der Waals surface area contributed by atoms with Gasteiger partial charge in [-0.3, -0.25) is 0 Å². The molecule has 4 nitrogen and oxygen atoms in total. The third kappa shape index (κ3) is 2.67. The second-order valence-electron chi connectivity index (χ2n) is 2.86. The highest BCUT2D eigenvalue weighted by molar-refractivity contribution is 7.87. The molecule has 0 fully saturated rings. The highest BCUT2D eigenvalue weighted by atomic mass is 32.2. The highest BCUT2D eigenvalue weighted by Gasteiger charge is 2.48. The molecule has 0 aliphatic rings. The summed E-state index contributed by atoms with van der Waals surface area (Å²) in [6.45, 7) is 0. The van der Waals surface area contributed by atoms with E-state index in [1.807, 2.05) is 0 Å². The lowest BCUT2D eigenvalue weighted by Crippen LogP contribution is -2.28. The molecule has 1 aromatic rings. The van der Waals surface area contributed by atoms with Gasteiger partial charge in [0.05, 0.1) is 0 Å². The largest absolute Gasteiger partial charge is 0.534 e. The Balaban J connectivity index is 3.21. The Hall–Kier alpha value is -1.89. The van der Waals surface area contributed by atoms with Crippen LogP contribution in [0.4, 0.5) is 22.0 Å². The Morgan fingerprint density at radius 3 is 1.94 bits per heavy atom. The monoisotopic (exact) mass is 287 g/mol. The van der Waals surface area contributed by atoms with Crippen molar-refractivity contribution in [1.29, 1.82) is 5.26 Å². The number of nitriles is 1. The minimum Gasteiger partial charge on any atom is -0.376 e. The van der Waals surface area contributed by atoms with Gasteiger partial charge >= 0.3 is 15.6 Å². The summed E-state index contributed by atoms with van der Waals surface area (Å²) < 4.78 is 86.2. The van der Waals surface area contributed by atoms with Crippen LogP contribution in [0.5, 0.6) is 5.75 Å². The zero-order valence-electron chi connectivity index (χ0n) is 8.12. The molecule has 0 N–H and O–H groups in total. The van der Waals surface area contributed by atoms with Gasteiger partial charge in [0.2, 0.25) is 0 Å². The van der Waals surface area contributed by atoms with Crippen molar-refractivity contribution in [2.45, 2.75) is 5.51 Å². The topological polar surface area (TPSA) is 67.2 Å². The van der Waals surface area contributed by atoms with Gasteiger partial charge in [-0.25, -0.2) is 8.78 Å². The second-order valence-corrected chi connectivity index (χ2v) is 4.39. The lowest BCUT2D eigenvalue weighted by molar-refractivity contribution is -0.0500. The average Bonchev–Trinajstić information content (AvgIpc) is 2.14. The standard InChI is InChI=1S/C8H2F5NO3S/c9-6-1-4(2-7(10)5(6)3-14)17-18(15,16)8(11,12)13/h1-2H. The van der Waals surface area contributed by atoms with Crippen molar-refractivity contribution in [2.24, 2.45) is 0 Å². The van der Waals surface area contributed by atoms with Gasteiger partial charge in [0.25, 0.3) is 0 Å². The molecule has 0 spiro atoms. The van der Waals surface area contributed by atoms with Crippen molar-refractivity contribution in [3.05, 3.63) is 29.3 Å². The van der Waals surface area contributed by atoms with Crippen molar-refractivity contribution in [3.8, 4) is 11.8 Å². The molecule has 0 bridgehead atoms. The molecule has 0 saturated carbocycles. The van der Waals surface area contributed by atoms with Crippen LogP contribution in [0.3, 0.4) is 0 Å². The normalized spacial score (nSPS) is 12.0. The van der Waals surface area contributed by atoms with E-state index in [4.69, 9.17) is 5.26 Å². The molecular weight excluding hydrogens is 285 g/mol. The van der Waals surface area contributed by atoms with Crippen LogP contribution in [0.15, 0.2) is 12.1 Å². The van der Waals surface area contributed by atoms with E-state index >= 15 is 0 Å². The van der Waals surface area contributed by atoms with Crippen LogP contribution in [0, 0.1) is 23.0 Å². The fraction of sp³-hybridized carbons (Fsp3) is 0.125. The fourth-order valence-electron chi connectivity index (χ4n) is 0.879. The summed E-state index contributed by atoms with van der Waals surface area (Å²) >= 11 is 0. The first kappa shape index (κ1) is 14.2. The summed E-state index contributed by atoms with van der Waals surface area (Å²) in [5.41, 5.74) is -6.79. The molecule has 1 rings (SSSR count). The first-order valence-electron chi connectivity index (χ1n) is 3.98. The molecule has 1 aromatic carbocycles. The van der Waals surface area contributed by atoms with Gasteiger partial charge in [-0.15, -0.1) is 0 Å². The first-order chi connectivity index (χ1) is 8.08. The molecular formula is C8H2F5NO3S. The number of hydrogen-bond acceptors (Lipinski definition) is 4. The third-order valence-corrected chi connectivity index (χ3v) is 2.60. The predicted octanol–water partition coefficient (Wildman–Crippen LogP) is 2.06. The van der Waals surface area contributed by atoms with E-state index in [1.54, 1.807) is 0 Å². The van der Waals surface area contributed by atoms with Crippen LogP contribution in [0.25, 0.3) is 0 Å². The Bertz CT molecular complexity index is 594. The third-order valence-electron chi connectivity index (χ3n) is 1.62. The molecule has 0 unspecified atom stereocenters. The van der Waals surface area contributed by atoms with Gasteiger partial charge < -0.3 is 4.18 Å². The van der Waals surface area contributed by atoms with Gasteiger partial charge in [0.1, 0.15) is 29.0 Å². The number of benzene rings is 1. The summed E-state index contributed by atoms with van der Waals surface area (Å²) in [6, 6.07) is 1.42. The van der Waals surface area contributed by atoms with Crippen LogP contribution in [-0.2, 0) is 10.1 Å². The molecule has 0 aliphatic heterocycles. The van der Waals surface area contributed by atoms with Gasteiger partial charge in [0.15, 0.2) is 0 Å². The van der Waals surface area contributed by atoms with E-state index in [9.17, 15) is 30.4 Å². The molecule has 0 heterocycles. The van der Waals surface area contributed by atoms with Crippen LogP contribution in [-0.4, -0.2) is 13.9 Å². The van der Waals surface area contributed by atoms with E-state index in [0.717, 1.165) is 6.07 Å². The molecule has 0 aromatic heterocycles. The van der Waals surface area contributed by atoms with Crippen LogP contribution < -0.4 is 4.18 Å². The van der Waals surface area contributed by atoms with Crippen molar-refractivity contribution < 1.29 is 34.6 Å². The van der Waals surface area contributed by atoms with E-state index in [-0.39, 0.29) is 12.1 Å². The number of nitrogens with zero attached hydrogens (tertiary/aromatic N) is 1. The molecule has 0 saturated heterocycles. The summed E-state index contributed by atoms with van der Waals surface area (Å²) in [4.78, 5) is 0. The van der Waals surface area contributed by atoms with Crippen LogP contribution in [0.2, 0.25) is 0 Å².